The predicted octanol–water partition coefficient (Wildman–Crippen LogP) is -0.960. The highest BCUT2D eigenvalue weighted by molar-refractivity contribution is 7.85. The molecule has 7 nitrogen and oxygen atoms in total. The Morgan fingerprint density at radius 1 is 1.67 bits per heavy atom. The van der Waals surface area contributed by atoms with E-state index in [1.807, 2.05) is 0 Å². The molecule has 0 radical (unpaired) electrons. The molecule has 0 aliphatic heterocycles. The van der Waals surface area contributed by atoms with Crippen LogP contribution in [0.5, 0.6) is 0 Å². The first kappa shape index (κ1) is 8.11. The van der Waals surface area contributed by atoms with Gasteiger partial charge in [-0.05, 0) is 0 Å². The maximum Gasteiger partial charge on any atom is 0.295 e. The summed E-state index contributed by atoms with van der Waals surface area (Å²) in [6, 6.07) is 0. The Morgan fingerprint density at radius 3 is 2.22 bits per heavy atom. The average Bonchev–Trinajstić information content (AvgIpc) is 1.59. The van der Waals surface area contributed by atoms with Crippen LogP contribution in [0.1, 0.15) is 0 Å². The molecule has 0 unspecified atom stereocenters. The fourth-order valence-corrected chi connectivity index (χ4v) is 0.329. The molecule has 0 aliphatic rings. The fraction of sp³-hybridized carbons (Fsp3) is 1.00. The molecule has 0 rings (SSSR count). The molecule has 0 saturated carbocycles. The van der Waals surface area contributed by atoms with Gasteiger partial charge in [0.05, 0.1) is 0 Å². The molecule has 0 heterocycles. The van der Waals surface area contributed by atoms with Crippen LogP contribution in [0.2, 0.25) is 0 Å². The van der Waals surface area contributed by atoms with Crippen LogP contribution in [0.3, 0.4) is 0 Å². The van der Waals surface area contributed by atoms with Crippen LogP contribution in [0, 0.1) is 10.1 Å². The molecule has 0 bridgehead atoms. The molecule has 0 amide bonds. The lowest BCUT2D eigenvalue weighted by molar-refractivity contribution is -0.752. The zero-order valence-corrected chi connectivity index (χ0v) is 4.87. The summed E-state index contributed by atoms with van der Waals surface area (Å²) in [6.45, 7) is 0. The Kier molecular flexibility index (Phi) is 2.34. The lowest BCUT2D eigenvalue weighted by atomic mass is 11.7. The highest BCUT2D eigenvalue weighted by atomic mass is 32.2. The van der Waals surface area contributed by atoms with Crippen LogP contribution in [-0.4, -0.2) is 24.0 Å². The molecular formula is CH3NO6S. The standard InChI is InChI=1S/CH3NO6S/c3-2(4)8-1-9(5,6)7/h1H2,(H,5,6,7). The third kappa shape index (κ3) is 7.11. The van der Waals surface area contributed by atoms with Crippen molar-refractivity contribution in [3.05, 3.63) is 10.1 Å². The van der Waals surface area contributed by atoms with E-state index >= 15 is 0 Å². The summed E-state index contributed by atoms with van der Waals surface area (Å²) in [5.74, 6) is -1.32. The Hall–Kier alpha value is -0.890. The van der Waals surface area contributed by atoms with Crippen molar-refractivity contribution < 1.29 is 22.9 Å². The van der Waals surface area contributed by atoms with Crippen molar-refractivity contribution in [1.82, 2.24) is 0 Å². The van der Waals surface area contributed by atoms with Crippen LogP contribution >= 0.6 is 0 Å². The van der Waals surface area contributed by atoms with Gasteiger partial charge in [0.25, 0.3) is 15.2 Å². The van der Waals surface area contributed by atoms with Crippen molar-refractivity contribution in [2.24, 2.45) is 0 Å². The van der Waals surface area contributed by atoms with Gasteiger partial charge in [-0.3, -0.25) is 9.39 Å². The van der Waals surface area contributed by atoms with Gasteiger partial charge in [0.15, 0.2) is 0 Å². The summed E-state index contributed by atoms with van der Waals surface area (Å²) >= 11 is 0. The van der Waals surface area contributed by atoms with E-state index in [9.17, 15) is 18.5 Å². The molecule has 9 heavy (non-hydrogen) atoms. The Balaban J connectivity index is 3.67. The second-order valence-corrected chi connectivity index (χ2v) is 2.45. The Bertz CT molecular complexity index is 191. The van der Waals surface area contributed by atoms with E-state index in [0.29, 0.717) is 0 Å². The SMILES string of the molecule is O=[N+]([O-])OCS(=O)(=O)O. The molecule has 0 fully saturated rings. The van der Waals surface area contributed by atoms with E-state index in [-0.39, 0.29) is 0 Å². The molecule has 0 aromatic rings. The minimum Gasteiger partial charge on any atom is -0.295 e. The Morgan fingerprint density at radius 2 is 2.11 bits per heavy atom. The molecule has 1 N–H and O–H groups in total. The second kappa shape index (κ2) is 2.60. The van der Waals surface area contributed by atoms with E-state index in [1.54, 1.807) is 0 Å². The summed E-state index contributed by atoms with van der Waals surface area (Å²) in [7, 11) is -4.38. The molecule has 0 aromatic carbocycles. The average molecular weight is 157 g/mol. The molecule has 54 valence electrons. The highest BCUT2D eigenvalue weighted by Crippen LogP contribution is 1.82. The molecule has 0 saturated heterocycles. The maximum atomic E-state index is 9.66. The lowest BCUT2D eigenvalue weighted by Crippen LogP contribution is -2.11. The van der Waals surface area contributed by atoms with Gasteiger partial charge in [0.2, 0.25) is 5.94 Å². The van der Waals surface area contributed by atoms with Gasteiger partial charge in [-0.1, -0.05) is 0 Å². The molecule has 0 spiro atoms. The van der Waals surface area contributed by atoms with E-state index < -0.39 is 21.1 Å². The third-order valence-corrected chi connectivity index (χ3v) is 0.710. The molecule has 8 heteroatoms. The minimum atomic E-state index is -4.38. The van der Waals surface area contributed by atoms with Crippen LogP contribution in [0.15, 0.2) is 0 Å². The Labute approximate surface area is 50.1 Å². The first-order valence-corrected chi connectivity index (χ1v) is 3.25. The van der Waals surface area contributed by atoms with Crippen LogP contribution in [0.25, 0.3) is 0 Å². The zero-order chi connectivity index (χ0) is 7.49. The summed E-state index contributed by atoms with van der Waals surface area (Å²) in [4.78, 5) is 12.5. The first-order valence-electron chi connectivity index (χ1n) is 1.64. The maximum absolute atomic E-state index is 9.66. The summed E-state index contributed by atoms with van der Waals surface area (Å²) in [6.07, 6.45) is 0. The van der Waals surface area contributed by atoms with Gasteiger partial charge < -0.3 is 0 Å². The normalized spacial score (nSPS) is 10.8. The van der Waals surface area contributed by atoms with Gasteiger partial charge in [-0.15, -0.1) is 10.1 Å². The van der Waals surface area contributed by atoms with Crippen molar-refractivity contribution in [1.29, 1.82) is 0 Å². The van der Waals surface area contributed by atoms with Gasteiger partial charge in [-0.25, -0.2) is 0 Å². The predicted molar refractivity (Wildman–Crippen MR) is 24.5 cm³/mol. The smallest absolute Gasteiger partial charge is 0.295 e. The van der Waals surface area contributed by atoms with Crippen LogP contribution in [-0.2, 0) is 15.0 Å². The van der Waals surface area contributed by atoms with E-state index in [2.05, 4.69) is 4.84 Å². The van der Waals surface area contributed by atoms with Gasteiger partial charge in [0, 0.05) is 0 Å². The largest absolute Gasteiger partial charge is 0.295 e. The molecular weight excluding hydrogens is 154 g/mol. The number of hydrogen-bond acceptors (Lipinski definition) is 5. The van der Waals surface area contributed by atoms with E-state index in [1.165, 1.54) is 0 Å². The molecule has 0 aliphatic carbocycles. The van der Waals surface area contributed by atoms with Gasteiger partial charge in [-0.2, -0.15) is 8.42 Å². The number of rotatable bonds is 3. The van der Waals surface area contributed by atoms with E-state index in [4.69, 9.17) is 4.55 Å². The number of nitrogens with zero attached hydrogens (tertiary/aromatic N) is 1. The highest BCUT2D eigenvalue weighted by Gasteiger charge is 2.06. The topological polar surface area (TPSA) is 107 Å². The van der Waals surface area contributed by atoms with Crippen molar-refractivity contribution in [3.8, 4) is 0 Å². The van der Waals surface area contributed by atoms with Gasteiger partial charge >= 0.3 is 0 Å². The van der Waals surface area contributed by atoms with Crippen molar-refractivity contribution in [3.63, 3.8) is 0 Å². The summed E-state index contributed by atoms with van der Waals surface area (Å²) in [5, 5.41) is 7.94. The fourth-order valence-electron chi connectivity index (χ4n) is 0.110. The van der Waals surface area contributed by atoms with Crippen LogP contribution in [0.4, 0.5) is 0 Å². The molecule has 0 aromatic heterocycles. The number of hydrogen-bond donors (Lipinski definition) is 1. The zero-order valence-electron chi connectivity index (χ0n) is 4.05. The first-order chi connectivity index (χ1) is 3.92. The van der Waals surface area contributed by atoms with Crippen molar-refractivity contribution in [2.45, 2.75) is 0 Å². The van der Waals surface area contributed by atoms with Crippen LogP contribution < -0.4 is 0 Å². The van der Waals surface area contributed by atoms with Crippen molar-refractivity contribution in [2.75, 3.05) is 5.94 Å². The van der Waals surface area contributed by atoms with E-state index in [0.717, 1.165) is 0 Å². The second-order valence-electron chi connectivity index (χ2n) is 1.05. The summed E-state index contributed by atoms with van der Waals surface area (Å²) < 4.78 is 27.1. The summed E-state index contributed by atoms with van der Waals surface area (Å²) in [5.41, 5.74) is 0. The third-order valence-electron chi connectivity index (χ3n) is 0.307. The monoisotopic (exact) mass is 157 g/mol. The minimum absolute atomic E-state index is 1.31. The quantitative estimate of drug-likeness (QED) is 0.321. The van der Waals surface area contributed by atoms with Crippen molar-refractivity contribution >= 4 is 10.1 Å². The lowest BCUT2D eigenvalue weighted by Gasteiger charge is -1.91. The molecule has 0 atom stereocenters. The van der Waals surface area contributed by atoms with Gasteiger partial charge in [0.1, 0.15) is 0 Å².